The van der Waals surface area contributed by atoms with Crippen LogP contribution in [-0.2, 0) is 6.54 Å². The Balaban J connectivity index is 2.02. The number of carbonyl (C=O) groups excluding carboxylic acids is 1. The first-order chi connectivity index (χ1) is 9.60. The molecule has 0 bridgehead atoms. The van der Waals surface area contributed by atoms with Gasteiger partial charge >= 0.3 is 0 Å². The number of rotatable bonds is 6. The van der Waals surface area contributed by atoms with Gasteiger partial charge in [-0.1, -0.05) is 26.7 Å². The van der Waals surface area contributed by atoms with Gasteiger partial charge in [-0.25, -0.2) is 5.84 Å². The molecule has 0 radical (unpaired) electrons. The van der Waals surface area contributed by atoms with E-state index in [1.807, 2.05) is 0 Å². The molecule has 3 N–H and O–H groups in total. The molecule has 5 heteroatoms. The lowest BCUT2D eigenvalue weighted by molar-refractivity contribution is 0.0953. The van der Waals surface area contributed by atoms with Crippen LogP contribution in [-0.4, -0.2) is 23.4 Å². The molecular formula is C15H25N3O2. The minimum atomic E-state index is -0.309. The summed E-state index contributed by atoms with van der Waals surface area (Å²) in [6.45, 7) is 6.29. The zero-order chi connectivity index (χ0) is 14.5. The van der Waals surface area contributed by atoms with Crippen molar-refractivity contribution in [3.63, 3.8) is 0 Å². The molecule has 1 amide bonds. The topological polar surface area (TPSA) is 71.5 Å². The van der Waals surface area contributed by atoms with E-state index < -0.39 is 0 Å². The Morgan fingerprint density at radius 1 is 1.50 bits per heavy atom. The Morgan fingerprint density at radius 2 is 2.20 bits per heavy atom. The smallest absolute Gasteiger partial charge is 0.268 e. The van der Waals surface area contributed by atoms with Crippen molar-refractivity contribution in [2.45, 2.75) is 52.1 Å². The van der Waals surface area contributed by atoms with Gasteiger partial charge in [-0.3, -0.25) is 15.1 Å². The van der Waals surface area contributed by atoms with Crippen LogP contribution in [0, 0.1) is 5.92 Å². The van der Waals surface area contributed by atoms with Crippen LogP contribution in [0.2, 0.25) is 0 Å². The fourth-order valence-corrected chi connectivity index (χ4v) is 2.95. The highest BCUT2D eigenvalue weighted by Gasteiger charge is 2.24. The van der Waals surface area contributed by atoms with Crippen LogP contribution in [0.25, 0.3) is 0 Å². The van der Waals surface area contributed by atoms with E-state index in [0.29, 0.717) is 17.5 Å². The molecule has 5 nitrogen and oxygen atoms in total. The molecule has 1 heterocycles. The zero-order valence-electron chi connectivity index (χ0n) is 12.4. The number of amides is 1. The molecule has 0 spiro atoms. The third-order valence-electron chi connectivity index (χ3n) is 3.85. The van der Waals surface area contributed by atoms with Crippen molar-refractivity contribution in [3.05, 3.63) is 23.7 Å². The predicted molar refractivity (Wildman–Crippen MR) is 77.9 cm³/mol. The van der Waals surface area contributed by atoms with E-state index in [-0.39, 0.29) is 5.91 Å². The Labute approximate surface area is 120 Å². The maximum absolute atomic E-state index is 11.4. The molecule has 2 rings (SSSR count). The van der Waals surface area contributed by atoms with Crippen molar-refractivity contribution in [1.29, 1.82) is 0 Å². The molecule has 1 saturated carbocycles. The number of nitrogens with two attached hydrogens (primary N) is 1. The lowest BCUT2D eigenvalue weighted by Gasteiger charge is -2.29. The second-order valence-corrected chi connectivity index (χ2v) is 6.04. The number of furan rings is 1. The first-order valence-corrected chi connectivity index (χ1v) is 7.42. The lowest BCUT2D eigenvalue weighted by Crippen LogP contribution is -2.35. The van der Waals surface area contributed by atoms with Gasteiger partial charge in [0, 0.05) is 12.6 Å². The third kappa shape index (κ3) is 3.84. The zero-order valence-corrected chi connectivity index (χ0v) is 12.4. The van der Waals surface area contributed by atoms with E-state index in [2.05, 4.69) is 24.2 Å². The lowest BCUT2D eigenvalue weighted by atomic mass is 10.1. The van der Waals surface area contributed by atoms with Crippen molar-refractivity contribution >= 4 is 5.91 Å². The summed E-state index contributed by atoms with van der Waals surface area (Å²) in [4.78, 5) is 13.9. The van der Waals surface area contributed by atoms with Gasteiger partial charge in [0.05, 0.1) is 12.1 Å². The van der Waals surface area contributed by atoms with Crippen LogP contribution in [0.4, 0.5) is 0 Å². The minimum Gasteiger partial charge on any atom is -0.467 e. The second kappa shape index (κ2) is 6.90. The highest BCUT2D eigenvalue weighted by molar-refractivity contribution is 5.93. The number of hydrogen-bond acceptors (Lipinski definition) is 4. The van der Waals surface area contributed by atoms with Crippen LogP contribution < -0.4 is 11.3 Å². The van der Waals surface area contributed by atoms with Crippen molar-refractivity contribution in [2.75, 3.05) is 6.54 Å². The van der Waals surface area contributed by atoms with Gasteiger partial charge in [-0.05, 0) is 24.8 Å². The van der Waals surface area contributed by atoms with E-state index in [9.17, 15) is 4.79 Å². The van der Waals surface area contributed by atoms with Gasteiger partial charge in [-0.15, -0.1) is 0 Å². The number of nitrogens with zero attached hydrogens (tertiary/aromatic N) is 1. The maximum atomic E-state index is 11.4. The average molecular weight is 279 g/mol. The van der Waals surface area contributed by atoms with Gasteiger partial charge in [-0.2, -0.15) is 0 Å². The van der Waals surface area contributed by atoms with E-state index in [0.717, 1.165) is 18.8 Å². The van der Waals surface area contributed by atoms with Crippen LogP contribution in [0.5, 0.6) is 0 Å². The monoisotopic (exact) mass is 279 g/mol. The minimum absolute atomic E-state index is 0.309. The van der Waals surface area contributed by atoms with Crippen LogP contribution in [0.3, 0.4) is 0 Å². The molecule has 1 aromatic heterocycles. The fourth-order valence-electron chi connectivity index (χ4n) is 2.95. The summed E-state index contributed by atoms with van der Waals surface area (Å²) in [6, 6.07) is 2.43. The molecule has 1 fully saturated rings. The molecule has 0 atom stereocenters. The largest absolute Gasteiger partial charge is 0.467 e. The van der Waals surface area contributed by atoms with E-state index >= 15 is 0 Å². The average Bonchev–Trinajstić information content (AvgIpc) is 3.07. The van der Waals surface area contributed by atoms with Gasteiger partial charge in [0.15, 0.2) is 0 Å². The Hall–Kier alpha value is -1.33. The van der Waals surface area contributed by atoms with Crippen molar-refractivity contribution in [1.82, 2.24) is 10.3 Å². The Bertz CT molecular complexity index is 436. The SMILES string of the molecule is CC(C)CN(Cc1cc(C(=O)NN)co1)C1CCCC1. The molecule has 1 aliphatic rings. The number of nitrogens with one attached hydrogen (secondary N) is 1. The number of carbonyl (C=O) groups is 1. The van der Waals surface area contributed by atoms with Crippen LogP contribution in [0.1, 0.15) is 55.6 Å². The van der Waals surface area contributed by atoms with Gasteiger partial charge < -0.3 is 4.42 Å². The number of nitrogen functional groups attached to an aromatic ring is 1. The van der Waals surface area contributed by atoms with Crippen molar-refractivity contribution < 1.29 is 9.21 Å². The summed E-state index contributed by atoms with van der Waals surface area (Å²) in [6.07, 6.45) is 6.64. The van der Waals surface area contributed by atoms with Crippen molar-refractivity contribution in [3.8, 4) is 0 Å². The molecule has 0 saturated heterocycles. The Kier molecular flexibility index (Phi) is 5.20. The molecule has 1 aromatic rings. The first kappa shape index (κ1) is 15.1. The fraction of sp³-hybridized carbons (Fsp3) is 0.667. The molecule has 20 heavy (non-hydrogen) atoms. The molecule has 1 aliphatic carbocycles. The van der Waals surface area contributed by atoms with Crippen molar-refractivity contribution in [2.24, 2.45) is 11.8 Å². The summed E-state index contributed by atoms with van der Waals surface area (Å²) in [5.74, 6) is 6.27. The summed E-state index contributed by atoms with van der Waals surface area (Å²) >= 11 is 0. The van der Waals surface area contributed by atoms with Gasteiger partial charge in [0.25, 0.3) is 5.91 Å². The number of hydrazine groups is 1. The van der Waals surface area contributed by atoms with Crippen LogP contribution >= 0.6 is 0 Å². The highest BCUT2D eigenvalue weighted by Crippen LogP contribution is 2.26. The quantitative estimate of drug-likeness (QED) is 0.476. The molecular weight excluding hydrogens is 254 g/mol. The standard InChI is InChI=1S/C15H25N3O2/c1-11(2)8-18(13-5-3-4-6-13)9-14-7-12(10-20-14)15(19)17-16/h7,10-11,13H,3-6,8-9,16H2,1-2H3,(H,17,19). The normalized spacial score (nSPS) is 16.2. The molecule has 0 aromatic carbocycles. The molecule has 0 unspecified atom stereocenters. The van der Waals surface area contributed by atoms with E-state index in [4.69, 9.17) is 10.3 Å². The van der Waals surface area contributed by atoms with E-state index in [1.54, 1.807) is 6.07 Å². The maximum Gasteiger partial charge on any atom is 0.268 e. The third-order valence-corrected chi connectivity index (χ3v) is 3.85. The summed E-state index contributed by atoms with van der Waals surface area (Å²) in [5.41, 5.74) is 2.61. The van der Waals surface area contributed by atoms with Gasteiger partial charge in [0.2, 0.25) is 0 Å². The summed E-state index contributed by atoms with van der Waals surface area (Å²) in [7, 11) is 0. The van der Waals surface area contributed by atoms with E-state index in [1.165, 1.54) is 31.9 Å². The summed E-state index contributed by atoms with van der Waals surface area (Å²) in [5, 5.41) is 0. The predicted octanol–water partition coefficient (Wildman–Crippen LogP) is 2.28. The van der Waals surface area contributed by atoms with Crippen LogP contribution in [0.15, 0.2) is 16.7 Å². The highest BCUT2D eigenvalue weighted by atomic mass is 16.3. The van der Waals surface area contributed by atoms with Gasteiger partial charge in [0.1, 0.15) is 12.0 Å². The summed E-state index contributed by atoms with van der Waals surface area (Å²) < 4.78 is 5.50. The molecule has 0 aliphatic heterocycles. The first-order valence-electron chi connectivity index (χ1n) is 7.42. The molecule has 112 valence electrons. The number of hydrogen-bond donors (Lipinski definition) is 2. The Morgan fingerprint density at radius 3 is 2.80 bits per heavy atom. The second-order valence-electron chi connectivity index (χ2n) is 6.04.